The maximum Gasteiger partial charge on any atom is 0.197 e. The number of furan rings is 1. The predicted octanol–water partition coefficient (Wildman–Crippen LogP) is 4.55. The van der Waals surface area contributed by atoms with Crippen LogP contribution in [0.25, 0.3) is 0 Å². The fraction of sp³-hybridized carbons (Fsp3) is 0.714. The van der Waals surface area contributed by atoms with Gasteiger partial charge < -0.3 is 9.73 Å². The van der Waals surface area contributed by atoms with Crippen molar-refractivity contribution in [1.82, 2.24) is 5.32 Å². The first-order valence-electron chi connectivity index (χ1n) is 6.79. The molecule has 0 spiro atoms. The highest BCUT2D eigenvalue weighted by Crippen LogP contribution is 2.36. The molecule has 17 heavy (non-hydrogen) atoms. The molecular weight excluding hydrogens is 234 g/mol. The largest absolute Gasteiger partial charge is 0.453 e. The fourth-order valence-corrected chi connectivity index (χ4v) is 3.15. The summed E-state index contributed by atoms with van der Waals surface area (Å²) < 4.78 is 5.24. The molecule has 96 valence electrons. The van der Waals surface area contributed by atoms with Gasteiger partial charge in [-0.15, -0.1) is 0 Å². The zero-order chi connectivity index (χ0) is 12.1. The summed E-state index contributed by atoms with van der Waals surface area (Å²) in [6, 6.07) is 2.38. The van der Waals surface area contributed by atoms with E-state index in [0.717, 1.165) is 12.1 Å². The Bertz CT molecular complexity index is 329. The van der Waals surface area contributed by atoms with Crippen molar-refractivity contribution in [2.45, 2.75) is 51.5 Å². The van der Waals surface area contributed by atoms with Crippen molar-refractivity contribution in [3.05, 3.63) is 23.1 Å². The molecule has 0 radical (unpaired) electrons. The minimum absolute atomic E-state index is 0.365. The zero-order valence-corrected chi connectivity index (χ0v) is 11.3. The second-order valence-corrected chi connectivity index (χ2v) is 5.28. The van der Waals surface area contributed by atoms with Crippen molar-refractivity contribution in [3.8, 4) is 0 Å². The summed E-state index contributed by atoms with van der Waals surface area (Å²) in [6.45, 7) is 3.13. The van der Waals surface area contributed by atoms with Gasteiger partial charge in [0.1, 0.15) is 0 Å². The molecular formula is C14H22ClNO. The Hall–Kier alpha value is -0.470. The first kappa shape index (κ1) is 13.0. The predicted molar refractivity (Wildman–Crippen MR) is 71.3 cm³/mol. The Labute approximate surface area is 109 Å². The van der Waals surface area contributed by atoms with Gasteiger partial charge in [0.2, 0.25) is 0 Å². The molecule has 1 heterocycles. The molecule has 1 unspecified atom stereocenters. The van der Waals surface area contributed by atoms with Crippen LogP contribution in [0.4, 0.5) is 0 Å². The second kappa shape index (κ2) is 6.46. The van der Waals surface area contributed by atoms with Crippen molar-refractivity contribution < 1.29 is 4.42 Å². The Balaban J connectivity index is 2.13. The summed E-state index contributed by atoms with van der Waals surface area (Å²) in [5.74, 6) is 0.701. The zero-order valence-electron chi connectivity index (χ0n) is 10.5. The molecule has 2 nitrogen and oxygen atoms in total. The molecule has 1 aromatic heterocycles. The quantitative estimate of drug-likeness (QED) is 0.799. The van der Waals surface area contributed by atoms with E-state index in [2.05, 4.69) is 12.2 Å². The van der Waals surface area contributed by atoms with Gasteiger partial charge in [-0.1, -0.05) is 32.6 Å². The molecule has 1 N–H and O–H groups in total. The SMILES string of the molecule is CCNC(c1ccoc1Cl)C1CCCCCC1. The van der Waals surface area contributed by atoms with Crippen LogP contribution in [0.15, 0.2) is 16.7 Å². The molecule has 3 heteroatoms. The molecule has 1 saturated carbocycles. The van der Waals surface area contributed by atoms with Gasteiger partial charge >= 0.3 is 0 Å². The highest BCUT2D eigenvalue weighted by atomic mass is 35.5. The average molecular weight is 256 g/mol. The van der Waals surface area contributed by atoms with Crippen molar-refractivity contribution in [2.24, 2.45) is 5.92 Å². The Kier molecular flexibility index (Phi) is 4.93. The molecule has 1 atom stereocenters. The number of halogens is 1. The van der Waals surface area contributed by atoms with E-state index in [1.54, 1.807) is 6.26 Å². The van der Waals surface area contributed by atoms with E-state index in [1.807, 2.05) is 6.07 Å². The Morgan fingerprint density at radius 2 is 2.06 bits per heavy atom. The summed E-state index contributed by atoms with van der Waals surface area (Å²) in [7, 11) is 0. The van der Waals surface area contributed by atoms with Gasteiger partial charge in [0.25, 0.3) is 0 Å². The average Bonchev–Trinajstić information content (AvgIpc) is 2.60. The van der Waals surface area contributed by atoms with Crippen molar-refractivity contribution in [1.29, 1.82) is 0 Å². The number of nitrogens with one attached hydrogen (secondary N) is 1. The molecule has 0 bridgehead atoms. The van der Waals surface area contributed by atoms with Crippen LogP contribution in [-0.4, -0.2) is 6.54 Å². The topological polar surface area (TPSA) is 25.2 Å². The standard InChI is InChI=1S/C14H22ClNO/c1-2-16-13(12-9-10-17-14(12)15)11-7-5-3-4-6-8-11/h9-11,13,16H,2-8H2,1H3. The first-order chi connectivity index (χ1) is 8.33. The van der Waals surface area contributed by atoms with E-state index in [9.17, 15) is 0 Å². The van der Waals surface area contributed by atoms with Crippen LogP contribution in [0.1, 0.15) is 57.1 Å². The minimum atomic E-state index is 0.365. The molecule has 0 saturated heterocycles. The lowest BCUT2D eigenvalue weighted by Gasteiger charge is -2.26. The van der Waals surface area contributed by atoms with Gasteiger partial charge in [0.05, 0.1) is 6.26 Å². The Morgan fingerprint density at radius 1 is 1.35 bits per heavy atom. The monoisotopic (exact) mass is 255 g/mol. The van der Waals surface area contributed by atoms with E-state index in [4.69, 9.17) is 16.0 Å². The van der Waals surface area contributed by atoms with Crippen LogP contribution < -0.4 is 5.32 Å². The number of hydrogen-bond acceptors (Lipinski definition) is 2. The lowest BCUT2D eigenvalue weighted by molar-refractivity contribution is 0.328. The molecule has 2 rings (SSSR count). The van der Waals surface area contributed by atoms with E-state index in [0.29, 0.717) is 17.2 Å². The maximum atomic E-state index is 6.12. The molecule has 1 fully saturated rings. The van der Waals surface area contributed by atoms with Gasteiger partial charge in [-0.25, -0.2) is 0 Å². The molecule has 0 aliphatic heterocycles. The van der Waals surface area contributed by atoms with Crippen molar-refractivity contribution >= 4 is 11.6 Å². The van der Waals surface area contributed by atoms with Gasteiger partial charge in [0, 0.05) is 11.6 Å². The van der Waals surface area contributed by atoms with Gasteiger partial charge in [-0.05, 0) is 43.0 Å². The third kappa shape index (κ3) is 3.26. The van der Waals surface area contributed by atoms with Crippen LogP contribution in [0.5, 0.6) is 0 Å². The third-order valence-electron chi connectivity index (χ3n) is 3.78. The summed E-state index contributed by atoms with van der Waals surface area (Å²) >= 11 is 6.12. The van der Waals surface area contributed by atoms with Crippen LogP contribution in [0.2, 0.25) is 5.22 Å². The fourth-order valence-electron chi connectivity index (χ4n) is 2.92. The van der Waals surface area contributed by atoms with E-state index in [1.165, 1.54) is 38.5 Å². The van der Waals surface area contributed by atoms with Crippen LogP contribution in [0.3, 0.4) is 0 Å². The van der Waals surface area contributed by atoms with Crippen molar-refractivity contribution in [2.75, 3.05) is 6.54 Å². The lowest BCUT2D eigenvalue weighted by atomic mass is 9.88. The van der Waals surface area contributed by atoms with Crippen LogP contribution in [0, 0.1) is 5.92 Å². The van der Waals surface area contributed by atoms with Gasteiger partial charge in [0.15, 0.2) is 5.22 Å². The Morgan fingerprint density at radius 3 is 2.59 bits per heavy atom. The van der Waals surface area contributed by atoms with Crippen LogP contribution in [-0.2, 0) is 0 Å². The van der Waals surface area contributed by atoms with Gasteiger partial charge in [-0.2, -0.15) is 0 Å². The second-order valence-electron chi connectivity index (χ2n) is 4.94. The van der Waals surface area contributed by atoms with E-state index >= 15 is 0 Å². The highest BCUT2D eigenvalue weighted by molar-refractivity contribution is 6.29. The molecule has 0 amide bonds. The summed E-state index contributed by atoms with van der Waals surface area (Å²) in [4.78, 5) is 0. The van der Waals surface area contributed by atoms with Crippen LogP contribution >= 0.6 is 11.6 Å². The van der Waals surface area contributed by atoms with Crippen molar-refractivity contribution in [3.63, 3.8) is 0 Å². The molecule has 1 aromatic rings. The molecule has 0 aromatic carbocycles. The molecule has 1 aliphatic carbocycles. The van der Waals surface area contributed by atoms with E-state index < -0.39 is 0 Å². The third-order valence-corrected chi connectivity index (χ3v) is 4.08. The number of hydrogen-bond donors (Lipinski definition) is 1. The lowest BCUT2D eigenvalue weighted by Crippen LogP contribution is -2.28. The molecule has 1 aliphatic rings. The maximum absolute atomic E-state index is 6.12. The first-order valence-corrected chi connectivity index (χ1v) is 7.17. The summed E-state index contributed by atoms with van der Waals surface area (Å²) in [6.07, 6.45) is 9.77. The highest BCUT2D eigenvalue weighted by Gasteiger charge is 2.26. The van der Waals surface area contributed by atoms with Gasteiger partial charge in [-0.3, -0.25) is 0 Å². The summed E-state index contributed by atoms with van der Waals surface area (Å²) in [5, 5.41) is 4.13. The minimum Gasteiger partial charge on any atom is -0.453 e. The normalized spacial score (nSPS) is 20.1. The smallest absolute Gasteiger partial charge is 0.197 e. The number of rotatable bonds is 4. The van der Waals surface area contributed by atoms with E-state index in [-0.39, 0.29) is 0 Å². The summed E-state index contributed by atoms with van der Waals surface area (Å²) in [5.41, 5.74) is 1.14.